The minimum atomic E-state index is -1.02. The molecule has 3 aromatic rings. The number of aromatic nitrogens is 5. The van der Waals surface area contributed by atoms with Gasteiger partial charge in [0.05, 0.1) is 18.4 Å². The second kappa shape index (κ2) is 8.89. The van der Waals surface area contributed by atoms with Crippen LogP contribution in [0.3, 0.4) is 0 Å². The molecule has 0 fully saturated rings. The molecule has 8 nitrogen and oxygen atoms in total. The topological polar surface area (TPSA) is 105 Å². The smallest absolute Gasteiger partial charge is 0.172 e. The Morgan fingerprint density at radius 2 is 1.88 bits per heavy atom. The maximum absolute atomic E-state index is 14.2. The predicted molar refractivity (Wildman–Crippen MR) is 121 cm³/mol. The van der Waals surface area contributed by atoms with Crippen LogP contribution in [-0.2, 0) is 6.54 Å². The predicted octanol–water partition coefficient (Wildman–Crippen LogP) is 4.80. The number of nitrogens with two attached hydrogens (primary N) is 1. The third kappa shape index (κ3) is 4.17. The summed E-state index contributed by atoms with van der Waals surface area (Å²) in [7, 11) is 0. The van der Waals surface area contributed by atoms with E-state index in [2.05, 4.69) is 27.1 Å². The minimum Gasteiger partial charge on any atom is -0.494 e. The summed E-state index contributed by atoms with van der Waals surface area (Å²) in [5.74, 6) is -0.505. The Kier molecular flexibility index (Phi) is 5.62. The Balaban J connectivity index is 1.38. The van der Waals surface area contributed by atoms with Crippen molar-refractivity contribution >= 4 is 5.82 Å². The largest absolute Gasteiger partial charge is 0.494 e. The van der Waals surface area contributed by atoms with Crippen LogP contribution in [0.15, 0.2) is 59.3 Å². The zero-order valence-corrected chi connectivity index (χ0v) is 18.2. The summed E-state index contributed by atoms with van der Waals surface area (Å²) < 4.78 is 40.4. The van der Waals surface area contributed by atoms with E-state index in [1.807, 2.05) is 24.3 Å². The van der Waals surface area contributed by atoms with Crippen molar-refractivity contribution in [3.05, 3.63) is 72.1 Å². The number of imidazole rings is 1. The van der Waals surface area contributed by atoms with E-state index in [-0.39, 0.29) is 23.8 Å². The Bertz CT molecular complexity index is 1410. The number of nitrogens with zero attached hydrogens (tertiary/aromatic N) is 5. The van der Waals surface area contributed by atoms with Crippen molar-refractivity contribution in [3.8, 4) is 39.8 Å². The zero-order valence-electron chi connectivity index (χ0n) is 18.2. The van der Waals surface area contributed by atoms with Crippen molar-refractivity contribution in [3.63, 3.8) is 0 Å². The maximum atomic E-state index is 14.2. The van der Waals surface area contributed by atoms with Crippen molar-refractivity contribution in [2.45, 2.75) is 19.9 Å². The van der Waals surface area contributed by atoms with E-state index in [1.54, 1.807) is 12.3 Å². The molecule has 0 saturated carbocycles. The molecule has 0 bridgehead atoms. The van der Waals surface area contributed by atoms with Gasteiger partial charge in [0.15, 0.2) is 29.0 Å². The summed E-state index contributed by atoms with van der Waals surface area (Å²) in [5.41, 5.74) is 8.26. The molecule has 10 heteroatoms. The van der Waals surface area contributed by atoms with Crippen molar-refractivity contribution in [2.24, 2.45) is 0 Å². The van der Waals surface area contributed by atoms with Crippen LogP contribution in [0.1, 0.15) is 19.1 Å². The van der Waals surface area contributed by atoms with Crippen molar-refractivity contribution in [1.82, 2.24) is 24.9 Å². The number of fused-ring (bicyclic) bond motifs is 1. The Morgan fingerprint density at radius 1 is 1.06 bits per heavy atom. The van der Waals surface area contributed by atoms with Gasteiger partial charge in [0, 0.05) is 11.6 Å². The summed E-state index contributed by atoms with van der Waals surface area (Å²) in [6.07, 6.45) is 2.55. The first-order valence-electron chi connectivity index (χ1n) is 10.7. The highest BCUT2D eigenvalue weighted by Gasteiger charge is 2.21. The zero-order chi connectivity index (χ0) is 23.7. The lowest BCUT2D eigenvalue weighted by Gasteiger charge is -2.06. The molecule has 0 radical (unpaired) electrons. The quantitative estimate of drug-likeness (QED) is 0.370. The van der Waals surface area contributed by atoms with Crippen LogP contribution in [0.25, 0.3) is 34.0 Å². The van der Waals surface area contributed by atoms with Gasteiger partial charge in [-0.2, -0.15) is 5.10 Å². The van der Waals surface area contributed by atoms with Gasteiger partial charge in [-0.15, -0.1) is 0 Å². The number of ether oxygens (including phenoxy) is 1. The average Bonchev–Trinajstić information content (AvgIpc) is 3.47. The van der Waals surface area contributed by atoms with Crippen LogP contribution in [0.4, 0.5) is 14.6 Å². The highest BCUT2D eigenvalue weighted by Crippen LogP contribution is 2.30. The summed E-state index contributed by atoms with van der Waals surface area (Å²) >= 11 is 0. The molecule has 0 atom stereocenters. The lowest BCUT2D eigenvalue weighted by atomic mass is 10.1. The molecule has 0 amide bonds. The first-order chi connectivity index (χ1) is 16.5. The fourth-order valence-corrected chi connectivity index (χ4v) is 3.49. The van der Waals surface area contributed by atoms with Crippen LogP contribution < -0.4 is 10.5 Å². The summed E-state index contributed by atoms with van der Waals surface area (Å²) in [6, 6.07) is 13.2. The van der Waals surface area contributed by atoms with Gasteiger partial charge >= 0.3 is 0 Å². The van der Waals surface area contributed by atoms with Crippen LogP contribution in [-0.4, -0.2) is 31.5 Å². The molecular formula is C24H20F2N6O2. The number of anilines is 1. The van der Waals surface area contributed by atoms with Crippen molar-refractivity contribution in [2.75, 3.05) is 12.3 Å². The van der Waals surface area contributed by atoms with Gasteiger partial charge in [0.1, 0.15) is 29.4 Å². The van der Waals surface area contributed by atoms with Gasteiger partial charge in [0.25, 0.3) is 0 Å². The van der Waals surface area contributed by atoms with Crippen molar-refractivity contribution < 1.29 is 18.0 Å². The molecule has 34 heavy (non-hydrogen) atoms. The fraction of sp³-hybridized carbons (Fsp3) is 0.167. The van der Waals surface area contributed by atoms with Gasteiger partial charge < -0.3 is 15.0 Å². The van der Waals surface area contributed by atoms with E-state index in [0.717, 1.165) is 23.8 Å². The van der Waals surface area contributed by atoms with E-state index in [0.29, 0.717) is 29.4 Å². The average molecular weight is 462 g/mol. The molecule has 2 N–H and O–H groups in total. The second-order valence-electron chi connectivity index (χ2n) is 7.65. The van der Waals surface area contributed by atoms with Gasteiger partial charge in [0.2, 0.25) is 0 Å². The Morgan fingerprint density at radius 3 is 2.68 bits per heavy atom. The van der Waals surface area contributed by atoms with E-state index in [9.17, 15) is 8.78 Å². The molecule has 0 unspecified atom stereocenters. The summed E-state index contributed by atoms with van der Waals surface area (Å²) in [4.78, 5) is 8.55. The molecular weight excluding hydrogens is 442 g/mol. The normalized spacial score (nSPS) is 11.3. The lowest BCUT2D eigenvalue weighted by Crippen LogP contribution is -2.09. The molecule has 2 aliphatic heterocycles. The second-order valence-corrected chi connectivity index (χ2v) is 7.65. The van der Waals surface area contributed by atoms with E-state index >= 15 is 0 Å². The third-order valence-corrected chi connectivity index (χ3v) is 5.13. The molecule has 0 aliphatic carbocycles. The maximum Gasteiger partial charge on any atom is 0.172 e. The van der Waals surface area contributed by atoms with Gasteiger partial charge in [-0.05, 0) is 42.8 Å². The summed E-state index contributed by atoms with van der Waals surface area (Å²) in [6.45, 7) is 2.95. The molecule has 5 rings (SSSR count). The van der Waals surface area contributed by atoms with E-state index in [1.165, 1.54) is 16.8 Å². The number of benzene rings is 2. The fourth-order valence-electron chi connectivity index (χ4n) is 3.49. The highest BCUT2D eigenvalue weighted by atomic mass is 19.2. The Labute approximate surface area is 193 Å². The molecule has 0 saturated heterocycles. The molecule has 3 heterocycles. The molecule has 1 aromatic heterocycles. The van der Waals surface area contributed by atoms with Crippen LogP contribution in [0, 0.1) is 11.6 Å². The third-order valence-electron chi connectivity index (χ3n) is 5.13. The number of hydrogen-bond donors (Lipinski definition) is 1. The molecule has 2 aromatic carbocycles. The van der Waals surface area contributed by atoms with Gasteiger partial charge in [-0.25, -0.2) is 18.7 Å². The minimum absolute atomic E-state index is 0.0339. The van der Waals surface area contributed by atoms with Crippen LogP contribution in [0.2, 0.25) is 0 Å². The molecule has 2 aliphatic rings. The SMILES string of the molecule is CCCOc1ccc(-c2cc(Cn3cc4nc(-c5cccc(F)c5F)nc-4c(N)n3)on2)cc1. The van der Waals surface area contributed by atoms with Crippen LogP contribution in [0.5, 0.6) is 5.75 Å². The van der Waals surface area contributed by atoms with Crippen LogP contribution >= 0.6 is 0 Å². The number of halogens is 2. The molecule has 172 valence electrons. The number of hydrogen-bond acceptors (Lipinski definition) is 7. The standard InChI is InChI=1S/C24H20F2N6O2/c1-2-10-33-15-8-6-14(7-9-15)19-11-16(34-31-19)12-32-13-20-22(23(27)30-32)29-24(28-20)17-4-3-5-18(25)21(17)26/h3-9,11,13H,2,10,12H2,1H3,(H2,27,30). The summed E-state index contributed by atoms with van der Waals surface area (Å²) in [5, 5.41) is 8.41. The first kappa shape index (κ1) is 21.5. The lowest BCUT2D eigenvalue weighted by molar-refractivity contribution is 0.317. The van der Waals surface area contributed by atoms with Crippen molar-refractivity contribution in [1.29, 1.82) is 0 Å². The monoisotopic (exact) mass is 462 g/mol. The van der Waals surface area contributed by atoms with E-state index < -0.39 is 11.6 Å². The van der Waals surface area contributed by atoms with Gasteiger partial charge in [-0.1, -0.05) is 18.1 Å². The first-order valence-corrected chi connectivity index (χ1v) is 10.7. The highest BCUT2D eigenvalue weighted by molar-refractivity contribution is 5.72. The van der Waals surface area contributed by atoms with Gasteiger partial charge in [-0.3, -0.25) is 4.68 Å². The van der Waals surface area contributed by atoms with E-state index in [4.69, 9.17) is 15.0 Å². The molecule has 0 spiro atoms. The number of rotatable bonds is 7. The Hall–Kier alpha value is -4.34. The number of nitrogen functional groups attached to an aromatic ring is 1.